The second-order valence-corrected chi connectivity index (χ2v) is 7.32. The van der Waals surface area contributed by atoms with Crippen molar-refractivity contribution in [2.24, 2.45) is 0 Å². The molecule has 0 spiro atoms. The van der Waals surface area contributed by atoms with Gasteiger partial charge in [0.2, 0.25) is 0 Å². The normalized spacial score (nSPS) is 18.2. The molecule has 2 rings (SSSR count). The van der Waals surface area contributed by atoms with Crippen LogP contribution in [0.15, 0.2) is 22.7 Å². The van der Waals surface area contributed by atoms with E-state index in [1.54, 1.807) is 12.0 Å². The Morgan fingerprint density at radius 3 is 2.77 bits per heavy atom. The molecule has 1 atom stereocenters. The fourth-order valence-electron chi connectivity index (χ4n) is 2.38. The fourth-order valence-corrected chi connectivity index (χ4v) is 2.74. The number of methoxy groups -OCH3 is 1. The van der Waals surface area contributed by atoms with Crippen LogP contribution in [-0.4, -0.2) is 42.8 Å². The first-order valence-corrected chi connectivity index (χ1v) is 8.16. The lowest BCUT2D eigenvalue weighted by atomic mass is 10.2. The molecule has 1 unspecified atom stereocenters. The molecular weight excluding hydrogens is 348 g/mol. The van der Waals surface area contributed by atoms with Crippen molar-refractivity contribution in [3.8, 4) is 5.75 Å². The maximum absolute atomic E-state index is 12.1. The molecule has 0 aliphatic carbocycles. The van der Waals surface area contributed by atoms with Gasteiger partial charge in [0.1, 0.15) is 11.4 Å². The number of hydrogen-bond acceptors (Lipinski definition) is 4. The second kappa shape index (κ2) is 6.77. The van der Waals surface area contributed by atoms with Gasteiger partial charge in [0.15, 0.2) is 0 Å². The smallest absolute Gasteiger partial charge is 0.410 e. The lowest BCUT2D eigenvalue weighted by Gasteiger charge is -2.24. The van der Waals surface area contributed by atoms with E-state index in [2.05, 4.69) is 21.2 Å². The third kappa shape index (κ3) is 4.53. The Labute approximate surface area is 140 Å². The lowest BCUT2D eigenvalue weighted by Crippen LogP contribution is -2.36. The third-order valence-corrected chi connectivity index (χ3v) is 3.85. The molecule has 0 bridgehead atoms. The van der Waals surface area contributed by atoms with Crippen LogP contribution in [0, 0.1) is 0 Å². The maximum atomic E-state index is 12.1. The van der Waals surface area contributed by atoms with E-state index in [1.807, 2.05) is 39.0 Å². The summed E-state index contributed by atoms with van der Waals surface area (Å²) in [6.07, 6.45) is 0.632. The van der Waals surface area contributed by atoms with Crippen LogP contribution in [0.3, 0.4) is 0 Å². The lowest BCUT2D eigenvalue weighted by molar-refractivity contribution is 0.0293. The van der Waals surface area contributed by atoms with Crippen LogP contribution in [0.2, 0.25) is 0 Å². The number of ether oxygens (including phenoxy) is 2. The summed E-state index contributed by atoms with van der Waals surface area (Å²) < 4.78 is 11.8. The van der Waals surface area contributed by atoms with E-state index in [0.717, 1.165) is 22.3 Å². The van der Waals surface area contributed by atoms with Gasteiger partial charge in [-0.2, -0.15) is 0 Å². The zero-order valence-electron chi connectivity index (χ0n) is 13.5. The zero-order chi connectivity index (χ0) is 16.3. The second-order valence-electron chi connectivity index (χ2n) is 6.40. The van der Waals surface area contributed by atoms with Crippen LogP contribution in [0.5, 0.6) is 5.75 Å². The van der Waals surface area contributed by atoms with Gasteiger partial charge in [-0.1, -0.05) is 15.9 Å². The molecule has 0 radical (unpaired) electrons. The van der Waals surface area contributed by atoms with E-state index in [1.165, 1.54) is 0 Å². The number of benzene rings is 1. The molecule has 1 saturated heterocycles. The van der Waals surface area contributed by atoms with Gasteiger partial charge < -0.3 is 19.7 Å². The van der Waals surface area contributed by atoms with Crippen molar-refractivity contribution in [2.75, 3.05) is 25.5 Å². The first kappa shape index (κ1) is 16.9. The van der Waals surface area contributed by atoms with E-state index in [-0.39, 0.29) is 12.1 Å². The summed E-state index contributed by atoms with van der Waals surface area (Å²) in [7, 11) is 1.65. The van der Waals surface area contributed by atoms with Crippen LogP contribution < -0.4 is 10.1 Å². The quantitative estimate of drug-likeness (QED) is 0.876. The molecule has 1 aromatic rings. The van der Waals surface area contributed by atoms with Gasteiger partial charge >= 0.3 is 6.09 Å². The zero-order valence-corrected chi connectivity index (χ0v) is 15.1. The van der Waals surface area contributed by atoms with Gasteiger partial charge in [-0.15, -0.1) is 0 Å². The van der Waals surface area contributed by atoms with E-state index in [0.29, 0.717) is 13.1 Å². The summed E-state index contributed by atoms with van der Waals surface area (Å²) in [6.45, 7) is 6.96. The molecule has 22 heavy (non-hydrogen) atoms. The van der Waals surface area contributed by atoms with Crippen LogP contribution in [0.4, 0.5) is 10.5 Å². The Morgan fingerprint density at radius 1 is 1.41 bits per heavy atom. The SMILES string of the molecule is COc1ccc(Br)cc1NC1CCN(C(=O)OC(C)(C)C)C1. The number of amides is 1. The molecule has 1 fully saturated rings. The van der Waals surface area contributed by atoms with Gasteiger partial charge in [-0.25, -0.2) is 4.79 Å². The molecular formula is C16H23BrN2O3. The van der Waals surface area contributed by atoms with E-state index in [4.69, 9.17) is 9.47 Å². The summed E-state index contributed by atoms with van der Waals surface area (Å²) in [5.74, 6) is 0.791. The number of nitrogens with zero attached hydrogens (tertiary/aromatic N) is 1. The van der Waals surface area contributed by atoms with Gasteiger partial charge in [0, 0.05) is 23.6 Å². The summed E-state index contributed by atoms with van der Waals surface area (Å²) in [6, 6.07) is 6.02. The highest BCUT2D eigenvalue weighted by molar-refractivity contribution is 9.10. The predicted molar refractivity (Wildman–Crippen MR) is 90.5 cm³/mol. The minimum absolute atomic E-state index is 0.190. The maximum Gasteiger partial charge on any atom is 0.410 e. The largest absolute Gasteiger partial charge is 0.495 e. The molecule has 1 aromatic carbocycles. The summed E-state index contributed by atoms with van der Waals surface area (Å²) >= 11 is 3.46. The van der Waals surface area contributed by atoms with Crippen molar-refractivity contribution >= 4 is 27.7 Å². The van der Waals surface area contributed by atoms with Gasteiger partial charge in [0.05, 0.1) is 12.8 Å². The van der Waals surface area contributed by atoms with Gasteiger partial charge in [-0.05, 0) is 45.4 Å². The van der Waals surface area contributed by atoms with Gasteiger partial charge in [-0.3, -0.25) is 0 Å². The highest BCUT2D eigenvalue weighted by atomic mass is 79.9. The molecule has 1 aliphatic rings. The Balaban J connectivity index is 1.97. The van der Waals surface area contributed by atoms with E-state index < -0.39 is 5.60 Å². The molecule has 122 valence electrons. The van der Waals surface area contributed by atoms with Gasteiger partial charge in [0.25, 0.3) is 0 Å². The first-order chi connectivity index (χ1) is 10.3. The Morgan fingerprint density at radius 2 is 2.14 bits per heavy atom. The summed E-state index contributed by atoms with van der Waals surface area (Å²) in [5.41, 5.74) is 0.462. The average molecular weight is 371 g/mol. The minimum Gasteiger partial charge on any atom is -0.495 e. The minimum atomic E-state index is -0.462. The molecule has 6 heteroatoms. The van der Waals surface area contributed by atoms with Crippen molar-refractivity contribution in [1.82, 2.24) is 4.90 Å². The number of likely N-dealkylation sites (tertiary alicyclic amines) is 1. The average Bonchev–Trinajstić information content (AvgIpc) is 2.86. The number of carbonyl (C=O) groups is 1. The highest BCUT2D eigenvalue weighted by Crippen LogP contribution is 2.30. The monoisotopic (exact) mass is 370 g/mol. The van der Waals surface area contributed by atoms with Crippen molar-refractivity contribution in [1.29, 1.82) is 0 Å². The first-order valence-electron chi connectivity index (χ1n) is 7.36. The van der Waals surface area contributed by atoms with Crippen LogP contribution in [-0.2, 0) is 4.74 Å². The van der Waals surface area contributed by atoms with Crippen molar-refractivity contribution in [2.45, 2.75) is 38.8 Å². The van der Waals surface area contributed by atoms with E-state index in [9.17, 15) is 4.79 Å². The van der Waals surface area contributed by atoms with Crippen molar-refractivity contribution in [3.05, 3.63) is 22.7 Å². The standard InChI is InChI=1S/C16H23BrN2O3/c1-16(2,3)22-15(20)19-8-7-12(10-19)18-13-9-11(17)5-6-14(13)21-4/h5-6,9,12,18H,7-8,10H2,1-4H3. The number of halogens is 1. The molecule has 0 saturated carbocycles. The topological polar surface area (TPSA) is 50.8 Å². The Kier molecular flexibility index (Phi) is 5.21. The molecule has 5 nitrogen and oxygen atoms in total. The van der Waals surface area contributed by atoms with Crippen LogP contribution >= 0.6 is 15.9 Å². The molecule has 0 aromatic heterocycles. The summed E-state index contributed by atoms with van der Waals surface area (Å²) in [5, 5.41) is 3.44. The number of rotatable bonds is 3. The Bertz CT molecular complexity index is 543. The fraction of sp³-hybridized carbons (Fsp3) is 0.562. The third-order valence-electron chi connectivity index (χ3n) is 3.36. The number of hydrogen-bond donors (Lipinski definition) is 1. The summed E-state index contributed by atoms with van der Waals surface area (Å²) in [4.78, 5) is 13.8. The van der Waals surface area contributed by atoms with Crippen LogP contribution in [0.1, 0.15) is 27.2 Å². The molecule has 1 N–H and O–H groups in total. The van der Waals surface area contributed by atoms with Crippen molar-refractivity contribution in [3.63, 3.8) is 0 Å². The molecule has 1 amide bonds. The molecule has 1 heterocycles. The van der Waals surface area contributed by atoms with E-state index >= 15 is 0 Å². The number of carbonyl (C=O) groups excluding carboxylic acids is 1. The van der Waals surface area contributed by atoms with Crippen molar-refractivity contribution < 1.29 is 14.3 Å². The van der Waals surface area contributed by atoms with Crippen LogP contribution in [0.25, 0.3) is 0 Å². The number of anilines is 1. The predicted octanol–water partition coefficient (Wildman–Crippen LogP) is 3.88. The number of nitrogens with one attached hydrogen (secondary N) is 1. The Hall–Kier alpha value is -1.43. The molecule has 1 aliphatic heterocycles. The highest BCUT2D eigenvalue weighted by Gasteiger charge is 2.30.